The van der Waals surface area contributed by atoms with E-state index in [9.17, 15) is 9.59 Å². The number of amides is 1. The minimum atomic E-state index is -0.239. The molecule has 0 aromatic carbocycles. The van der Waals surface area contributed by atoms with E-state index in [2.05, 4.69) is 10.6 Å². The van der Waals surface area contributed by atoms with Gasteiger partial charge in [0.2, 0.25) is 0 Å². The Labute approximate surface area is 118 Å². The first-order valence-corrected chi connectivity index (χ1v) is 6.94. The Hall–Kier alpha value is -1.66. The number of nitrogens with one attached hydrogen (secondary N) is 2. The zero-order valence-electron chi connectivity index (χ0n) is 11.7. The molecule has 0 radical (unpaired) electrons. The molecule has 2 N–H and O–H groups in total. The van der Waals surface area contributed by atoms with Gasteiger partial charge in [-0.2, -0.15) is 0 Å². The number of carbonyl (C=O) groups excluding carboxylic acids is 1. The van der Waals surface area contributed by atoms with Crippen LogP contribution in [0.1, 0.15) is 23.2 Å². The Balaban J connectivity index is 1.71. The summed E-state index contributed by atoms with van der Waals surface area (Å²) in [6.45, 7) is 2.94. The molecule has 0 unspecified atom stereocenters. The highest BCUT2D eigenvalue weighted by Crippen LogP contribution is 2.06. The molecule has 20 heavy (non-hydrogen) atoms. The summed E-state index contributed by atoms with van der Waals surface area (Å²) in [5.41, 5.74) is 0.193. The van der Waals surface area contributed by atoms with Crippen LogP contribution in [0.25, 0.3) is 0 Å². The van der Waals surface area contributed by atoms with Crippen molar-refractivity contribution in [2.75, 3.05) is 26.2 Å². The molecule has 1 aromatic rings. The largest absolute Gasteiger partial charge is 0.376 e. The number of hydrogen-bond donors (Lipinski definition) is 2. The predicted molar refractivity (Wildman–Crippen MR) is 75.9 cm³/mol. The number of piperidine rings is 1. The molecule has 1 amide bonds. The Morgan fingerprint density at radius 2 is 2.25 bits per heavy atom. The molecule has 6 nitrogen and oxygen atoms in total. The third-order valence-corrected chi connectivity index (χ3v) is 3.39. The van der Waals surface area contributed by atoms with Crippen LogP contribution in [0.15, 0.2) is 23.1 Å². The van der Waals surface area contributed by atoms with Gasteiger partial charge in [-0.1, -0.05) is 0 Å². The molecule has 1 fully saturated rings. The van der Waals surface area contributed by atoms with Crippen molar-refractivity contribution in [2.45, 2.75) is 18.9 Å². The van der Waals surface area contributed by atoms with Gasteiger partial charge in [0.25, 0.3) is 11.5 Å². The first-order valence-electron chi connectivity index (χ1n) is 6.94. The predicted octanol–water partition coefficient (Wildman–Crippen LogP) is -0.116. The van der Waals surface area contributed by atoms with E-state index < -0.39 is 0 Å². The van der Waals surface area contributed by atoms with Gasteiger partial charge in [0, 0.05) is 31.4 Å². The maximum Gasteiger partial charge on any atom is 0.251 e. The monoisotopic (exact) mass is 279 g/mol. The number of hydrogen-bond acceptors (Lipinski definition) is 4. The number of aromatic nitrogens is 1. The third-order valence-electron chi connectivity index (χ3n) is 3.39. The van der Waals surface area contributed by atoms with Crippen molar-refractivity contribution >= 4 is 5.91 Å². The second kappa shape index (κ2) is 7.21. The maximum absolute atomic E-state index is 11.8. The highest BCUT2D eigenvalue weighted by Gasteiger charge is 2.13. The van der Waals surface area contributed by atoms with E-state index in [0.29, 0.717) is 18.7 Å². The van der Waals surface area contributed by atoms with E-state index in [1.54, 1.807) is 19.3 Å². The molecule has 0 bridgehead atoms. The van der Waals surface area contributed by atoms with Crippen LogP contribution < -0.4 is 16.2 Å². The summed E-state index contributed by atoms with van der Waals surface area (Å²) in [7, 11) is 1.65. The van der Waals surface area contributed by atoms with Gasteiger partial charge in [0.1, 0.15) is 0 Å². The van der Waals surface area contributed by atoms with E-state index in [0.717, 1.165) is 25.9 Å². The molecular weight excluding hydrogens is 258 g/mol. The molecule has 2 rings (SSSR count). The molecule has 1 aliphatic heterocycles. The molecule has 1 saturated heterocycles. The van der Waals surface area contributed by atoms with Crippen LogP contribution in [-0.2, 0) is 11.8 Å². The Morgan fingerprint density at radius 1 is 1.50 bits per heavy atom. The van der Waals surface area contributed by atoms with Crippen molar-refractivity contribution in [2.24, 2.45) is 7.05 Å². The molecule has 110 valence electrons. The van der Waals surface area contributed by atoms with Crippen molar-refractivity contribution in [3.8, 4) is 0 Å². The number of ether oxygens (including phenoxy) is 1. The molecule has 0 spiro atoms. The van der Waals surface area contributed by atoms with Crippen LogP contribution in [-0.4, -0.2) is 42.8 Å². The minimum absolute atomic E-state index is 0.191. The first-order chi connectivity index (χ1) is 9.66. The van der Waals surface area contributed by atoms with Crippen molar-refractivity contribution in [1.82, 2.24) is 15.2 Å². The Morgan fingerprint density at radius 3 is 2.95 bits per heavy atom. The zero-order valence-corrected chi connectivity index (χ0v) is 11.7. The highest BCUT2D eigenvalue weighted by atomic mass is 16.5. The van der Waals surface area contributed by atoms with Crippen LogP contribution in [0.2, 0.25) is 0 Å². The van der Waals surface area contributed by atoms with Crippen LogP contribution in [0.4, 0.5) is 0 Å². The average Bonchev–Trinajstić information content (AvgIpc) is 2.47. The average molecular weight is 279 g/mol. The maximum atomic E-state index is 11.8. The molecule has 0 saturated carbocycles. The standard InChI is InChI=1S/C14H21N3O3/c1-17-8-4-11(10-13(17)18)14(19)16-7-9-20-12-2-5-15-6-3-12/h4,8,10,12,15H,2-3,5-7,9H2,1H3,(H,16,19). The quantitative estimate of drug-likeness (QED) is 0.737. The van der Waals surface area contributed by atoms with E-state index >= 15 is 0 Å². The molecule has 6 heteroatoms. The van der Waals surface area contributed by atoms with Crippen LogP contribution in [0.3, 0.4) is 0 Å². The summed E-state index contributed by atoms with van der Waals surface area (Å²) in [5, 5.41) is 6.03. The van der Waals surface area contributed by atoms with E-state index in [1.165, 1.54) is 10.6 Å². The zero-order chi connectivity index (χ0) is 14.4. The summed E-state index contributed by atoms with van der Waals surface area (Å²) >= 11 is 0. The minimum Gasteiger partial charge on any atom is -0.376 e. The highest BCUT2D eigenvalue weighted by molar-refractivity contribution is 5.93. The van der Waals surface area contributed by atoms with E-state index in [-0.39, 0.29) is 17.6 Å². The number of aryl methyl sites for hydroxylation is 1. The van der Waals surface area contributed by atoms with Crippen molar-refractivity contribution in [1.29, 1.82) is 0 Å². The fourth-order valence-electron chi connectivity index (χ4n) is 2.14. The second-order valence-electron chi connectivity index (χ2n) is 4.94. The fourth-order valence-corrected chi connectivity index (χ4v) is 2.14. The SMILES string of the molecule is Cn1ccc(C(=O)NCCOC2CCNCC2)cc1=O. The van der Waals surface area contributed by atoms with Crippen LogP contribution in [0, 0.1) is 0 Å². The van der Waals surface area contributed by atoms with Crippen molar-refractivity contribution in [3.63, 3.8) is 0 Å². The number of carbonyl (C=O) groups is 1. The van der Waals surface area contributed by atoms with E-state index in [4.69, 9.17) is 4.74 Å². The Bertz CT molecular complexity index is 507. The second-order valence-corrected chi connectivity index (χ2v) is 4.94. The number of rotatable bonds is 5. The van der Waals surface area contributed by atoms with Gasteiger partial charge in [-0.05, 0) is 32.0 Å². The van der Waals surface area contributed by atoms with E-state index in [1.807, 2.05) is 0 Å². The van der Waals surface area contributed by atoms with Gasteiger partial charge in [0.15, 0.2) is 0 Å². The summed E-state index contributed by atoms with van der Waals surface area (Å²) < 4.78 is 7.12. The summed E-state index contributed by atoms with van der Waals surface area (Å²) in [5.74, 6) is -0.239. The lowest BCUT2D eigenvalue weighted by Gasteiger charge is -2.22. The molecule has 2 heterocycles. The van der Waals surface area contributed by atoms with Gasteiger partial charge in [-0.15, -0.1) is 0 Å². The molecular formula is C14H21N3O3. The molecule has 0 aliphatic carbocycles. The molecule has 0 atom stereocenters. The lowest BCUT2D eigenvalue weighted by Crippen LogP contribution is -2.35. The number of pyridine rings is 1. The normalized spacial score (nSPS) is 16.1. The topological polar surface area (TPSA) is 72.4 Å². The van der Waals surface area contributed by atoms with Gasteiger partial charge in [0.05, 0.1) is 12.7 Å². The fraction of sp³-hybridized carbons (Fsp3) is 0.571. The smallest absolute Gasteiger partial charge is 0.251 e. The summed E-state index contributed by atoms with van der Waals surface area (Å²) in [4.78, 5) is 23.3. The number of nitrogens with zero attached hydrogens (tertiary/aromatic N) is 1. The molecule has 1 aromatic heterocycles. The van der Waals surface area contributed by atoms with Gasteiger partial charge < -0.3 is 19.9 Å². The molecule has 1 aliphatic rings. The lowest BCUT2D eigenvalue weighted by molar-refractivity contribution is 0.0343. The van der Waals surface area contributed by atoms with Crippen molar-refractivity contribution < 1.29 is 9.53 Å². The van der Waals surface area contributed by atoms with Gasteiger partial charge >= 0.3 is 0 Å². The van der Waals surface area contributed by atoms with Gasteiger partial charge in [-0.3, -0.25) is 9.59 Å². The van der Waals surface area contributed by atoms with Gasteiger partial charge in [-0.25, -0.2) is 0 Å². The summed E-state index contributed by atoms with van der Waals surface area (Å²) in [6.07, 6.45) is 3.91. The van der Waals surface area contributed by atoms with Crippen LogP contribution in [0.5, 0.6) is 0 Å². The van der Waals surface area contributed by atoms with Crippen molar-refractivity contribution in [3.05, 3.63) is 34.2 Å². The Kier molecular flexibility index (Phi) is 5.31. The van der Waals surface area contributed by atoms with Crippen LogP contribution >= 0.6 is 0 Å². The third kappa shape index (κ3) is 4.18. The first kappa shape index (κ1) is 14.7. The lowest BCUT2D eigenvalue weighted by atomic mass is 10.1. The summed E-state index contributed by atoms with van der Waals surface area (Å²) in [6, 6.07) is 2.97.